The molecule has 2 nitrogen and oxygen atoms in total. The highest BCUT2D eigenvalue weighted by molar-refractivity contribution is 5.28. The molecule has 0 heterocycles. The van der Waals surface area contributed by atoms with Crippen LogP contribution in [0.5, 0.6) is 0 Å². The number of nitrogens with two attached hydrogens (primary N) is 1. The van der Waals surface area contributed by atoms with Gasteiger partial charge in [0.15, 0.2) is 0 Å². The summed E-state index contributed by atoms with van der Waals surface area (Å²) in [5.41, 5.74) is 7.81. The van der Waals surface area contributed by atoms with Crippen LogP contribution in [0.2, 0.25) is 0 Å². The molecule has 0 amide bonds. The third-order valence-corrected chi connectivity index (χ3v) is 2.60. The van der Waals surface area contributed by atoms with Gasteiger partial charge in [-0.15, -0.1) is 0 Å². The highest BCUT2D eigenvalue weighted by Crippen LogP contribution is 2.24. The number of hydrogen-bond donors (Lipinski definition) is 2. The minimum absolute atomic E-state index is 0.164. The van der Waals surface area contributed by atoms with E-state index in [1.165, 1.54) is 5.56 Å². The summed E-state index contributed by atoms with van der Waals surface area (Å²) < 4.78 is 0. The normalized spacial score (nSPS) is 13.9. The van der Waals surface area contributed by atoms with Gasteiger partial charge in [-0.05, 0) is 29.5 Å². The van der Waals surface area contributed by atoms with Crippen LogP contribution in [0.3, 0.4) is 0 Å². The van der Waals surface area contributed by atoms with Crippen molar-refractivity contribution in [2.24, 2.45) is 5.73 Å². The molecule has 0 saturated heterocycles. The minimum Gasteiger partial charge on any atom is -0.388 e. The number of aliphatic hydroxyl groups excluding tert-OH is 1. The van der Waals surface area contributed by atoms with E-state index in [9.17, 15) is 5.11 Å². The van der Waals surface area contributed by atoms with E-state index in [1.54, 1.807) is 0 Å². The molecule has 1 aromatic rings. The monoisotopic (exact) mass is 207 g/mol. The summed E-state index contributed by atoms with van der Waals surface area (Å²) in [7, 11) is 0. The van der Waals surface area contributed by atoms with Gasteiger partial charge in [0.1, 0.15) is 0 Å². The Labute approximate surface area is 92.1 Å². The summed E-state index contributed by atoms with van der Waals surface area (Å²) in [4.78, 5) is 0. The highest BCUT2D eigenvalue weighted by Gasteiger charge is 2.14. The zero-order valence-corrected chi connectivity index (χ0v) is 9.83. The van der Waals surface area contributed by atoms with Gasteiger partial charge in [-0.3, -0.25) is 0 Å². The first-order chi connectivity index (χ1) is 6.95. The lowest BCUT2D eigenvalue weighted by Gasteiger charge is -2.20. The maximum absolute atomic E-state index is 9.73. The summed E-state index contributed by atoms with van der Waals surface area (Å²) >= 11 is 0. The van der Waals surface area contributed by atoms with Crippen LogP contribution in [0.1, 0.15) is 44.4 Å². The van der Waals surface area contributed by atoms with Gasteiger partial charge in [-0.25, -0.2) is 0 Å². The predicted octanol–water partition coefficient (Wildman–Crippen LogP) is 2.37. The Kier molecular flexibility index (Phi) is 3.89. The van der Waals surface area contributed by atoms with Crippen LogP contribution in [0, 0.1) is 0 Å². The average molecular weight is 207 g/mol. The topological polar surface area (TPSA) is 46.2 Å². The molecule has 1 aromatic carbocycles. The van der Waals surface area contributed by atoms with Crippen LogP contribution in [0.15, 0.2) is 24.3 Å². The van der Waals surface area contributed by atoms with Gasteiger partial charge in [0, 0.05) is 0 Å². The van der Waals surface area contributed by atoms with E-state index < -0.39 is 6.10 Å². The molecule has 0 bridgehead atoms. The van der Waals surface area contributed by atoms with Crippen molar-refractivity contribution in [2.45, 2.75) is 38.7 Å². The zero-order valence-electron chi connectivity index (χ0n) is 9.83. The van der Waals surface area contributed by atoms with Gasteiger partial charge in [-0.2, -0.15) is 0 Å². The highest BCUT2D eigenvalue weighted by atomic mass is 16.3. The Balaban J connectivity index is 2.81. The van der Waals surface area contributed by atoms with Gasteiger partial charge in [0.05, 0.1) is 6.10 Å². The molecular formula is C13H21NO. The lowest BCUT2D eigenvalue weighted by Crippen LogP contribution is -2.11. The van der Waals surface area contributed by atoms with Crippen LogP contribution in [0.4, 0.5) is 0 Å². The molecule has 84 valence electrons. The fourth-order valence-electron chi connectivity index (χ4n) is 1.53. The largest absolute Gasteiger partial charge is 0.388 e. The van der Waals surface area contributed by atoms with Crippen molar-refractivity contribution >= 4 is 0 Å². The van der Waals surface area contributed by atoms with Crippen molar-refractivity contribution in [1.82, 2.24) is 0 Å². The Morgan fingerprint density at radius 3 is 2.13 bits per heavy atom. The first-order valence-corrected chi connectivity index (χ1v) is 5.43. The van der Waals surface area contributed by atoms with Crippen LogP contribution >= 0.6 is 0 Å². The van der Waals surface area contributed by atoms with Crippen molar-refractivity contribution in [3.05, 3.63) is 35.4 Å². The van der Waals surface area contributed by atoms with E-state index in [2.05, 4.69) is 32.9 Å². The van der Waals surface area contributed by atoms with E-state index in [4.69, 9.17) is 5.73 Å². The zero-order chi connectivity index (χ0) is 11.5. The van der Waals surface area contributed by atoms with Gasteiger partial charge in [-0.1, -0.05) is 45.0 Å². The van der Waals surface area contributed by atoms with E-state index >= 15 is 0 Å². The lowest BCUT2D eigenvalue weighted by molar-refractivity contribution is 0.170. The van der Waals surface area contributed by atoms with Crippen molar-refractivity contribution in [1.29, 1.82) is 0 Å². The van der Waals surface area contributed by atoms with Crippen LogP contribution in [-0.2, 0) is 5.41 Å². The second-order valence-electron chi connectivity index (χ2n) is 4.97. The van der Waals surface area contributed by atoms with Gasteiger partial charge in [0.25, 0.3) is 0 Å². The van der Waals surface area contributed by atoms with Crippen LogP contribution < -0.4 is 5.73 Å². The maximum atomic E-state index is 9.73. The first kappa shape index (κ1) is 12.2. The van der Waals surface area contributed by atoms with E-state index in [0.29, 0.717) is 13.0 Å². The molecule has 1 atom stereocenters. The Morgan fingerprint density at radius 1 is 1.20 bits per heavy atom. The summed E-state index contributed by atoms with van der Waals surface area (Å²) in [6.45, 7) is 7.05. The number of aliphatic hydroxyl groups is 1. The second kappa shape index (κ2) is 4.77. The van der Waals surface area contributed by atoms with Crippen molar-refractivity contribution < 1.29 is 5.11 Å². The molecule has 0 aromatic heterocycles. The molecule has 0 radical (unpaired) electrons. The Bertz CT molecular complexity index is 297. The van der Waals surface area contributed by atoms with Gasteiger partial charge in [0.2, 0.25) is 0 Å². The molecule has 0 aliphatic rings. The quantitative estimate of drug-likeness (QED) is 0.799. The molecule has 0 spiro atoms. The van der Waals surface area contributed by atoms with Crippen molar-refractivity contribution in [2.75, 3.05) is 6.54 Å². The summed E-state index contributed by atoms with van der Waals surface area (Å²) in [5, 5.41) is 9.73. The minimum atomic E-state index is -0.427. The third kappa shape index (κ3) is 3.33. The molecule has 0 saturated carbocycles. The fraction of sp³-hybridized carbons (Fsp3) is 0.538. The SMILES string of the molecule is CC(C)(C)c1ccc([C@@H](O)CCN)cc1. The molecule has 0 fully saturated rings. The molecule has 0 aliphatic heterocycles. The Morgan fingerprint density at radius 2 is 1.73 bits per heavy atom. The predicted molar refractivity (Wildman–Crippen MR) is 63.8 cm³/mol. The molecule has 15 heavy (non-hydrogen) atoms. The lowest BCUT2D eigenvalue weighted by atomic mass is 9.86. The number of benzene rings is 1. The third-order valence-electron chi connectivity index (χ3n) is 2.60. The molecule has 1 rings (SSSR count). The number of rotatable bonds is 3. The molecule has 0 aliphatic carbocycles. The van der Waals surface area contributed by atoms with Gasteiger partial charge < -0.3 is 10.8 Å². The number of hydrogen-bond acceptors (Lipinski definition) is 2. The average Bonchev–Trinajstić information content (AvgIpc) is 2.17. The maximum Gasteiger partial charge on any atom is 0.0802 e. The molecule has 2 heteroatoms. The van der Waals surface area contributed by atoms with Crippen molar-refractivity contribution in [3.63, 3.8) is 0 Å². The second-order valence-corrected chi connectivity index (χ2v) is 4.97. The molecule has 0 unspecified atom stereocenters. The van der Waals surface area contributed by atoms with Gasteiger partial charge >= 0.3 is 0 Å². The molecular weight excluding hydrogens is 186 g/mol. The summed E-state index contributed by atoms with van der Waals surface area (Å²) in [5.74, 6) is 0. The van der Waals surface area contributed by atoms with Crippen LogP contribution in [-0.4, -0.2) is 11.7 Å². The summed E-state index contributed by atoms with van der Waals surface area (Å²) in [6, 6.07) is 8.13. The van der Waals surface area contributed by atoms with Crippen LogP contribution in [0.25, 0.3) is 0 Å². The van der Waals surface area contributed by atoms with E-state index in [0.717, 1.165) is 5.56 Å². The van der Waals surface area contributed by atoms with E-state index in [1.807, 2.05) is 12.1 Å². The summed E-state index contributed by atoms with van der Waals surface area (Å²) in [6.07, 6.45) is 0.193. The van der Waals surface area contributed by atoms with Crippen molar-refractivity contribution in [3.8, 4) is 0 Å². The smallest absolute Gasteiger partial charge is 0.0802 e. The Hall–Kier alpha value is -0.860. The van der Waals surface area contributed by atoms with E-state index in [-0.39, 0.29) is 5.41 Å². The first-order valence-electron chi connectivity index (χ1n) is 5.43. The molecule has 3 N–H and O–H groups in total. The standard InChI is InChI=1S/C13H21NO/c1-13(2,3)11-6-4-10(5-7-11)12(15)8-9-14/h4-7,12,15H,8-9,14H2,1-3H3/t12-/m0/s1. The fourth-order valence-corrected chi connectivity index (χ4v) is 1.53.